The highest BCUT2D eigenvalue weighted by molar-refractivity contribution is 6.30. The molecule has 0 bridgehead atoms. The first-order chi connectivity index (χ1) is 15.0. The second-order valence-corrected chi connectivity index (χ2v) is 8.81. The van der Waals surface area contributed by atoms with Gasteiger partial charge in [0.05, 0.1) is 11.1 Å². The topological polar surface area (TPSA) is 46.4 Å². The Hall–Kier alpha value is -3.11. The second kappa shape index (κ2) is 7.86. The fourth-order valence-corrected chi connectivity index (χ4v) is 4.75. The van der Waals surface area contributed by atoms with Crippen molar-refractivity contribution in [3.05, 3.63) is 89.2 Å². The van der Waals surface area contributed by atoms with Crippen LogP contribution >= 0.6 is 11.6 Å². The van der Waals surface area contributed by atoms with Gasteiger partial charge in [-0.3, -0.25) is 4.79 Å². The number of nitrogens with one attached hydrogen (secondary N) is 1. The molecule has 1 aliphatic rings. The molecule has 1 amide bonds. The maximum atomic E-state index is 13.6. The van der Waals surface area contributed by atoms with Crippen molar-refractivity contribution in [1.29, 1.82) is 0 Å². The van der Waals surface area contributed by atoms with E-state index in [0.29, 0.717) is 5.02 Å². The van der Waals surface area contributed by atoms with E-state index in [-0.39, 0.29) is 5.91 Å². The number of hydrogen-bond donors (Lipinski definition) is 1. The monoisotopic (exact) mass is 429 g/mol. The fourth-order valence-electron chi connectivity index (χ4n) is 4.63. The highest BCUT2D eigenvalue weighted by Crippen LogP contribution is 2.42. The molecule has 0 saturated heterocycles. The Morgan fingerprint density at radius 2 is 1.84 bits per heavy atom. The first-order valence-electron chi connectivity index (χ1n) is 10.7. The Morgan fingerprint density at radius 3 is 2.58 bits per heavy atom. The number of carbonyl (C=O) groups is 1. The molecule has 0 atom stereocenters. The van der Waals surface area contributed by atoms with Crippen molar-refractivity contribution in [2.45, 2.75) is 38.0 Å². The second-order valence-electron chi connectivity index (χ2n) is 8.37. The van der Waals surface area contributed by atoms with Crippen molar-refractivity contribution < 1.29 is 4.79 Å². The lowest BCUT2D eigenvalue weighted by Crippen LogP contribution is -2.38. The van der Waals surface area contributed by atoms with Crippen molar-refractivity contribution in [2.75, 3.05) is 5.32 Å². The van der Waals surface area contributed by atoms with Crippen LogP contribution in [0.3, 0.4) is 0 Å². The molecule has 0 radical (unpaired) electrons. The number of fused-ring (bicyclic) bond motifs is 1. The maximum absolute atomic E-state index is 13.6. The highest BCUT2D eigenvalue weighted by atomic mass is 35.5. The van der Waals surface area contributed by atoms with E-state index >= 15 is 0 Å². The number of amides is 1. The summed E-state index contributed by atoms with van der Waals surface area (Å²) < 4.78 is 2.00. The summed E-state index contributed by atoms with van der Waals surface area (Å²) in [5, 5.41) is 3.93. The van der Waals surface area contributed by atoms with E-state index in [1.807, 2.05) is 78.3 Å². The Balaban J connectivity index is 1.48. The van der Waals surface area contributed by atoms with E-state index in [1.165, 1.54) is 0 Å². The Bertz CT molecular complexity index is 1220. The largest absolute Gasteiger partial charge is 0.325 e. The van der Waals surface area contributed by atoms with Crippen LogP contribution in [0.25, 0.3) is 16.9 Å². The molecule has 4 aromatic rings. The van der Waals surface area contributed by atoms with Gasteiger partial charge < -0.3 is 9.72 Å². The molecule has 2 aromatic carbocycles. The highest BCUT2D eigenvalue weighted by Gasteiger charge is 2.42. The van der Waals surface area contributed by atoms with Gasteiger partial charge in [-0.2, -0.15) is 0 Å². The van der Waals surface area contributed by atoms with E-state index in [2.05, 4.69) is 11.4 Å². The standard InChI is InChI=1S/C26H24ClN3O/c1-18-7-8-19(23-17-30-15-5-2-6-24(30)28-23)16-22(18)29-25(31)26(13-3-4-14-26)20-9-11-21(27)12-10-20/h2,5-12,15-17H,3-4,13-14H2,1H3,(H,29,31). The molecule has 1 N–H and O–H groups in total. The van der Waals surface area contributed by atoms with Gasteiger partial charge >= 0.3 is 0 Å². The normalized spacial score (nSPS) is 15.3. The summed E-state index contributed by atoms with van der Waals surface area (Å²) in [6, 6.07) is 19.8. The molecule has 1 aliphatic carbocycles. The number of rotatable bonds is 4. The summed E-state index contributed by atoms with van der Waals surface area (Å²) in [5.74, 6) is 0.0579. The Labute approximate surface area is 186 Å². The van der Waals surface area contributed by atoms with Crippen LogP contribution in [-0.4, -0.2) is 15.3 Å². The number of imidazole rings is 1. The SMILES string of the molecule is Cc1ccc(-c2cn3ccccc3n2)cc1NC(=O)C1(c2ccc(Cl)cc2)CCCC1. The van der Waals surface area contributed by atoms with Crippen LogP contribution in [-0.2, 0) is 10.2 Å². The minimum absolute atomic E-state index is 0.0579. The number of hydrogen-bond acceptors (Lipinski definition) is 2. The van der Waals surface area contributed by atoms with E-state index in [1.54, 1.807) is 0 Å². The average Bonchev–Trinajstić information content (AvgIpc) is 3.44. The van der Waals surface area contributed by atoms with Crippen LogP contribution in [0.1, 0.15) is 36.8 Å². The van der Waals surface area contributed by atoms with Crippen LogP contribution in [0.4, 0.5) is 5.69 Å². The van der Waals surface area contributed by atoms with Crippen LogP contribution in [0.5, 0.6) is 0 Å². The number of pyridine rings is 1. The summed E-state index contributed by atoms with van der Waals surface area (Å²) in [6.45, 7) is 2.02. The average molecular weight is 430 g/mol. The quantitative estimate of drug-likeness (QED) is 0.407. The minimum Gasteiger partial charge on any atom is -0.325 e. The minimum atomic E-state index is -0.504. The third-order valence-corrected chi connectivity index (χ3v) is 6.69. The lowest BCUT2D eigenvalue weighted by atomic mass is 9.78. The van der Waals surface area contributed by atoms with Crippen LogP contribution in [0, 0.1) is 6.92 Å². The molecule has 2 aromatic heterocycles. The summed E-state index contributed by atoms with van der Waals surface area (Å²) >= 11 is 6.09. The van der Waals surface area contributed by atoms with Crippen molar-refractivity contribution >= 4 is 28.8 Å². The van der Waals surface area contributed by atoms with Gasteiger partial charge in [0.2, 0.25) is 5.91 Å². The Morgan fingerprint density at radius 1 is 1.06 bits per heavy atom. The number of anilines is 1. The summed E-state index contributed by atoms with van der Waals surface area (Å²) in [5.41, 5.74) is 5.17. The predicted octanol–water partition coefficient (Wildman–Crippen LogP) is 6.41. The van der Waals surface area contributed by atoms with Gasteiger partial charge in [0.25, 0.3) is 0 Å². The number of nitrogens with zero attached hydrogens (tertiary/aromatic N) is 2. The molecule has 1 saturated carbocycles. The molecule has 4 nitrogen and oxygen atoms in total. The number of aryl methyl sites for hydroxylation is 1. The zero-order chi connectivity index (χ0) is 21.4. The zero-order valence-corrected chi connectivity index (χ0v) is 18.2. The molecular formula is C26H24ClN3O. The molecular weight excluding hydrogens is 406 g/mol. The lowest BCUT2D eigenvalue weighted by molar-refractivity contribution is -0.121. The first kappa shape index (κ1) is 19.8. The van der Waals surface area contributed by atoms with Gasteiger partial charge in [-0.15, -0.1) is 0 Å². The van der Waals surface area contributed by atoms with Crippen LogP contribution in [0.15, 0.2) is 73.1 Å². The molecule has 31 heavy (non-hydrogen) atoms. The number of carbonyl (C=O) groups excluding carboxylic acids is 1. The first-order valence-corrected chi connectivity index (χ1v) is 11.1. The lowest BCUT2D eigenvalue weighted by Gasteiger charge is -2.29. The molecule has 5 rings (SSSR count). The van der Waals surface area contributed by atoms with E-state index in [9.17, 15) is 4.79 Å². The van der Waals surface area contributed by atoms with Gasteiger partial charge in [-0.05, 0) is 61.2 Å². The summed E-state index contributed by atoms with van der Waals surface area (Å²) in [7, 11) is 0. The third-order valence-electron chi connectivity index (χ3n) is 6.43. The molecule has 156 valence electrons. The number of benzene rings is 2. The van der Waals surface area contributed by atoms with Gasteiger partial charge in [0.15, 0.2) is 0 Å². The summed E-state index contributed by atoms with van der Waals surface area (Å²) in [4.78, 5) is 18.3. The maximum Gasteiger partial charge on any atom is 0.235 e. The van der Waals surface area contributed by atoms with Crippen molar-refractivity contribution in [3.63, 3.8) is 0 Å². The van der Waals surface area contributed by atoms with E-state index < -0.39 is 5.41 Å². The number of halogens is 1. The Kier molecular flexibility index (Phi) is 5.03. The molecule has 2 heterocycles. The van der Waals surface area contributed by atoms with Gasteiger partial charge in [0.1, 0.15) is 5.65 Å². The smallest absolute Gasteiger partial charge is 0.235 e. The zero-order valence-electron chi connectivity index (χ0n) is 17.4. The molecule has 0 aliphatic heterocycles. The van der Waals surface area contributed by atoms with Crippen molar-refractivity contribution in [3.8, 4) is 11.3 Å². The van der Waals surface area contributed by atoms with E-state index in [0.717, 1.165) is 59.4 Å². The van der Waals surface area contributed by atoms with Gasteiger partial charge in [-0.1, -0.05) is 54.8 Å². The third kappa shape index (κ3) is 3.61. The van der Waals surface area contributed by atoms with E-state index in [4.69, 9.17) is 16.6 Å². The van der Waals surface area contributed by atoms with Crippen molar-refractivity contribution in [2.24, 2.45) is 0 Å². The van der Waals surface area contributed by atoms with Crippen LogP contribution < -0.4 is 5.32 Å². The fraction of sp³-hybridized carbons (Fsp3) is 0.231. The molecule has 1 fully saturated rings. The molecule has 5 heteroatoms. The number of aromatic nitrogens is 2. The predicted molar refractivity (Wildman–Crippen MR) is 126 cm³/mol. The van der Waals surface area contributed by atoms with Gasteiger partial charge in [-0.25, -0.2) is 4.98 Å². The molecule has 0 spiro atoms. The van der Waals surface area contributed by atoms with Crippen molar-refractivity contribution in [1.82, 2.24) is 9.38 Å². The molecule has 0 unspecified atom stereocenters. The summed E-state index contributed by atoms with van der Waals surface area (Å²) in [6.07, 6.45) is 7.81. The van der Waals surface area contributed by atoms with Crippen LogP contribution in [0.2, 0.25) is 5.02 Å². The van der Waals surface area contributed by atoms with Gasteiger partial charge in [0, 0.05) is 28.7 Å².